The third kappa shape index (κ3) is 3.44. The Bertz CT molecular complexity index is 2210. The lowest BCUT2D eigenvalue weighted by molar-refractivity contribution is 1.42. The molecular formula is C34H18N2S3. The highest BCUT2D eigenvalue weighted by atomic mass is 32.1. The molecule has 5 heteroatoms. The Labute approximate surface area is 235 Å². The normalized spacial score (nSPS) is 12.1. The molecular weight excluding hydrogens is 533 g/mol. The summed E-state index contributed by atoms with van der Waals surface area (Å²) in [6, 6.07) is 32.1. The third-order valence-electron chi connectivity index (χ3n) is 7.66. The maximum atomic E-state index is 4.50. The van der Waals surface area contributed by atoms with Gasteiger partial charge in [0.1, 0.15) is 10.0 Å². The van der Waals surface area contributed by atoms with Gasteiger partial charge in [-0.1, -0.05) is 24.3 Å². The molecule has 182 valence electrons. The molecule has 2 nitrogen and oxygen atoms in total. The third-order valence-corrected chi connectivity index (χ3v) is 10.4. The van der Waals surface area contributed by atoms with Gasteiger partial charge in [-0.15, -0.1) is 34.0 Å². The zero-order valence-electron chi connectivity index (χ0n) is 20.5. The summed E-state index contributed by atoms with van der Waals surface area (Å²) in [5.41, 5.74) is 2.36. The maximum absolute atomic E-state index is 4.50. The summed E-state index contributed by atoms with van der Waals surface area (Å²) in [4.78, 5) is 8.99. The summed E-state index contributed by atoms with van der Waals surface area (Å²) in [6.07, 6.45) is 3.74. The lowest BCUT2D eigenvalue weighted by Crippen LogP contribution is -1.81. The number of thiazole rings is 2. The van der Waals surface area contributed by atoms with E-state index in [0.29, 0.717) is 0 Å². The van der Waals surface area contributed by atoms with E-state index in [1.165, 1.54) is 74.4 Å². The van der Waals surface area contributed by atoms with E-state index >= 15 is 0 Å². The Morgan fingerprint density at radius 3 is 1.31 bits per heavy atom. The second kappa shape index (κ2) is 8.17. The van der Waals surface area contributed by atoms with Gasteiger partial charge in [0.25, 0.3) is 0 Å². The van der Waals surface area contributed by atoms with Crippen LogP contribution in [0.25, 0.3) is 84.4 Å². The lowest BCUT2D eigenvalue weighted by Gasteiger charge is -2.06. The highest BCUT2D eigenvalue weighted by molar-refractivity contribution is 7.26. The first-order valence-electron chi connectivity index (χ1n) is 12.8. The van der Waals surface area contributed by atoms with Crippen LogP contribution in [0.4, 0.5) is 0 Å². The van der Waals surface area contributed by atoms with E-state index in [9.17, 15) is 0 Å². The van der Waals surface area contributed by atoms with Crippen molar-refractivity contribution in [3.63, 3.8) is 0 Å². The molecule has 3 aromatic heterocycles. The Kier molecular flexibility index (Phi) is 4.55. The van der Waals surface area contributed by atoms with Gasteiger partial charge in [-0.25, -0.2) is 9.97 Å². The smallest absolute Gasteiger partial charge is 0.123 e. The van der Waals surface area contributed by atoms with Gasteiger partial charge in [0.15, 0.2) is 0 Å². The summed E-state index contributed by atoms with van der Waals surface area (Å²) < 4.78 is 2.66. The minimum atomic E-state index is 1.07. The van der Waals surface area contributed by atoms with Gasteiger partial charge in [0, 0.05) is 54.5 Å². The number of aromatic nitrogens is 2. The van der Waals surface area contributed by atoms with Crippen LogP contribution in [0.5, 0.6) is 0 Å². The topological polar surface area (TPSA) is 25.8 Å². The van der Waals surface area contributed by atoms with E-state index in [-0.39, 0.29) is 0 Å². The largest absolute Gasteiger partial charge is 0.245 e. The predicted octanol–water partition coefficient (Wildman–Crippen LogP) is 10.9. The van der Waals surface area contributed by atoms with Crippen molar-refractivity contribution in [1.82, 2.24) is 9.97 Å². The fourth-order valence-electron chi connectivity index (χ4n) is 5.76. The van der Waals surface area contributed by atoms with Crippen LogP contribution in [0.3, 0.4) is 0 Å². The Hall–Kier alpha value is -4.16. The van der Waals surface area contributed by atoms with Crippen LogP contribution < -0.4 is 0 Å². The molecule has 0 saturated carbocycles. The van der Waals surface area contributed by atoms with Crippen LogP contribution >= 0.6 is 34.0 Å². The number of thiophene rings is 1. The molecule has 0 amide bonds. The van der Waals surface area contributed by atoms with Crippen molar-refractivity contribution in [2.45, 2.75) is 0 Å². The zero-order valence-corrected chi connectivity index (χ0v) is 23.0. The molecule has 0 N–H and O–H groups in total. The van der Waals surface area contributed by atoms with Crippen LogP contribution in [0.15, 0.2) is 108 Å². The first-order valence-corrected chi connectivity index (χ1v) is 15.3. The van der Waals surface area contributed by atoms with E-state index in [0.717, 1.165) is 10.0 Å². The molecule has 3 heterocycles. The molecule has 6 aromatic carbocycles. The number of hydrogen-bond donors (Lipinski definition) is 0. The molecule has 0 aliphatic rings. The van der Waals surface area contributed by atoms with Gasteiger partial charge in [-0.3, -0.25) is 0 Å². The minimum absolute atomic E-state index is 1.07. The van der Waals surface area contributed by atoms with Crippen molar-refractivity contribution in [2.24, 2.45) is 0 Å². The SMILES string of the molecule is c1csc(-c2ccc3cc4cc5c(cc4cc3c2)sc2cc3cc4cc(-c6nccs6)ccc4cc3cc25)n1. The van der Waals surface area contributed by atoms with Crippen LogP contribution in [-0.4, -0.2) is 9.97 Å². The first kappa shape index (κ1) is 21.7. The van der Waals surface area contributed by atoms with Gasteiger partial charge >= 0.3 is 0 Å². The van der Waals surface area contributed by atoms with E-state index in [2.05, 4.69) is 94.9 Å². The van der Waals surface area contributed by atoms with Crippen molar-refractivity contribution < 1.29 is 0 Å². The second-order valence-corrected chi connectivity index (χ2v) is 12.9. The standard InChI is InChI=1S/C34H18N2S3/c1-3-21(33-35-5-7-37-33)11-23-13-27-17-31-29(15-25(27)9-19(1)23)30-16-26-10-20-2-4-22(34-36-6-8-38-34)12-24(20)14-28(26)18-32(30)39-31/h1-18H. The average Bonchev–Trinajstić information content (AvgIpc) is 3.74. The van der Waals surface area contributed by atoms with E-state index in [1.807, 2.05) is 34.5 Å². The molecule has 9 rings (SSSR count). The number of fused-ring (bicyclic) bond motifs is 7. The van der Waals surface area contributed by atoms with Crippen LogP contribution in [0, 0.1) is 0 Å². The van der Waals surface area contributed by atoms with Crippen LogP contribution in [-0.2, 0) is 0 Å². The summed E-state index contributed by atoms with van der Waals surface area (Å²) in [5.74, 6) is 0. The van der Waals surface area contributed by atoms with E-state index in [4.69, 9.17) is 0 Å². The van der Waals surface area contributed by atoms with Crippen molar-refractivity contribution in [2.75, 3.05) is 0 Å². The molecule has 0 fully saturated rings. The lowest BCUT2D eigenvalue weighted by atomic mass is 9.98. The van der Waals surface area contributed by atoms with Crippen LogP contribution in [0.2, 0.25) is 0 Å². The number of hydrogen-bond acceptors (Lipinski definition) is 5. The minimum Gasteiger partial charge on any atom is -0.245 e. The number of benzene rings is 6. The zero-order chi connectivity index (χ0) is 25.5. The predicted molar refractivity (Wildman–Crippen MR) is 172 cm³/mol. The second-order valence-electron chi connectivity index (χ2n) is 10.00. The maximum Gasteiger partial charge on any atom is 0.123 e. The first-order chi connectivity index (χ1) is 19.2. The molecule has 0 aliphatic carbocycles. The Morgan fingerprint density at radius 2 is 0.846 bits per heavy atom. The number of rotatable bonds is 2. The van der Waals surface area contributed by atoms with Gasteiger partial charge < -0.3 is 0 Å². The summed E-state index contributed by atoms with van der Waals surface area (Å²) in [7, 11) is 0. The fourth-order valence-corrected chi connectivity index (χ4v) is 8.20. The highest BCUT2D eigenvalue weighted by Crippen LogP contribution is 2.40. The monoisotopic (exact) mass is 550 g/mol. The quantitative estimate of drug-likeness (QED) is 0.200. The van der Waals surface area contributed by atoms with Crippen molar-refractivity contribution in [3.05, 3.63) is 108 Å². The molecule has 9 aromatic rings. The summed E-state index contributed by atoms with van der Waals surface area (Å²) >= 11 is 5.25. The fraction of sp³-hybridized carbons (Fsp3) is 0. The Balaban J connectivity index is 1.23. The molecule has 0 atom stereocenters. The average molecular weight is 551 g/mol. The van der Waals surface area contributed by atoms with Crippen molar-refractivity contribution in [1.29, 1.82) is 0 Å². The molecule has 0 bridgehead atoms. The molecule has 0 saturated heterocycles. The highest BCUT2D eigenvalue weighted by Gasteiger charge is 2.11. The van der Waals surface area contributed by atoms with Crippen molar-refractivity contribution >= 4 is 97.3 Å². The van der Waals surface area contributed by atoms with E-state index < -0.39 is 0 Å². The molecule has 39 heavy (non-hydrogen) atoms. The molecule has 0 aliphatic heterocycles. The van der Waals surface area contributed by atoms with E-state index in [1.54, 1.807) is 22.7 Å². The van der Waals surface area contributed by atoms with Gasteiger partial charge in [-0.05, 0) is 104 Å². The van der Waals surface area contributed by atoms with Gasteiger partial charge in [-0.2, -0.15) is 0 Å². The Morgan fingerprint density at radius 1 is 0.410 bits per heavy atom. The molecule has 0 radical (unpaired) electrons. The molecule has 0 spiro atoms. The summed E-state index contributed by atoms with van der Waals surface area (Å²) in [6.45, 7) is 0. The van der Waals surface area contributed by atoms with Crippen molar-refractivity contribution in [3.8, 4) is 21.1 Å². The molecule has 0 unspecified atom stereocenters. The van der Waals surface area contributed by atoms with Crippen LogP contribution in [0.1, 0.15) is 0 Å². The number of nitrogens with zero attached hydrogens (tertiary/aromatic N) is 2. The van der Waals surface area contributed by atoms with Gasteiger partial charge in [0.2, 0.25) is 0 Å². The van der Waals surface area contributed by atoms with Gasteiger partial charge in [0.05, 0.1) is 0 Å². The summed E-state index contributed by atoms with van der Waals surface area (Å²) in [5, 5.41) is 19.0.